The quantitative estimate of drug-likeness (QED) is 0.849. The smallest absolute Gasteiger partial charge is 0.156 e. The molecule has 0 aliphatic carbocycles. The lowest BCUT2D eigenvalue weighted by molar-refractivity contribution is -0.115. The molecule has 3 rings (SSSR count). The Balaban J connectivity index is 1.73. The molecule has 2 aromatic heterocycles. The van der Waals surface area contributed by atoms with Gasteiger partial charge in [-0.25, -0.2) is 9.97 Å². The van der Waals surface area contributed by atoms with E-state index in [-0.39, 0.29) is 5.78 Å². The van der Waals surface area contributed by atoms with Crippen molar-refractivity contribution in [1.29, 1.82) is 0 Å². The molecule has 1 N–H and O–H groups in total. The van der Waals surface area contributed by atoms with E-state index in [1.54, 1.807) is 6.20 Å². The van der Waals surface area contributed by atoms with Crippen molar-refractivity contribution in [2.24, 2.45) is 5.92 Å². The lowest BCUT2D eigenvalue weighted by atomic mass is 10.0. The predicted octanol–water partition coefficient (Wildman–Crippen LogP) is 1.93. The van der Waals surface area contributed by atoms with Gasteiger partial charge >= 0.3 is 0 Å². The van der Waals surface area contributed by atoms with Gasteiger partial charge in [-0.05, 0) is 24.5 Å². The lowest BCUT2D eigenvalue weighted by Gasteiger charge is -2.16. The van der Waals surface area contributed by atoms with Crippen LogP contribution in [-0.4, -0.2) is 33.8 Å². The Hall–Kier alpha value is -2.17. The van der Waals surface area contributed by atoms with E-state index in [9.17, 15) is 4.79 Å². The summed E-state index contributed by atoms with van der Waals surface area (Å²) in [5.41, 5.74) is 1.68. The molecule has 0 saturated carbocycles. The maximum absolute atomic E-state index is 11.4. The van der Waals surface area contributed by atoms with Crippen molar-refractivity contribution < 1.29 is 4.79 Å². The highest BCUT2D eigenvalue weighted by molar-refractivity contribution is 5.89. The highest BCUT2D eigenvalue weighted by atomic mass is 16.1. The van der Waals surface area contributed by atoms with Crippen LogP contribution in [0.15, 0.2) is 31.1 Å². The monoisotopic (exact) mass is 256 g/mol. The van der Waals surface area contributed by atoms with Gasteiger partial charge in [-0.15, -0.1) is 0 Å². The fraction of sp³-hybridized carbons (Fsp3) is 0.357. The van der Waals surface area contributed by atoms with Gasteiger partial charge in [-0.3, -0.25) is 4.79 Å². The first kappa shape index (κ1) is 11.9. The summed E-state index contributed by atoms with van der Waals surface area (Å²) in [4.78, 5) is 25.5. The summed E-state index contributed by atoms with van der Waals surface area (Å²) in [6, 6.07) is 1.92. The van der Waals surface area contributed by atoms with Crippen molar-refractivity contribution in [1.82, 2.24) is 15.0 Å². The molecule has 0 unspecified atom stereocenters. The molecule has 1 fully saturated rings. The third-order valence-electron chi connectivity index (χ3n) is 3.58. The Kier molecular flexibility index (Phi) is 3.03. The summed E-state index contributed by atoms with van der Waals surface area (Å²) in [6.45, 7) is 5.31. The Labute approximate surface area is 111 Å². The minimum Gasteiger partial charge on any atom is -0.355 e. The highest BCUT2D eigenvalue weighted by Gasteiger charge is 2.25. The third-order valence-corrected chi connectivity index (χ3v) is 3.58. The van der Waals surface area contributed by atoms with Crippen LogP contribution in [0.5, 0.6) is 0 Å². The molecular weight excluding hydrogens is 240 g/mol. The topological polar surface area (TPSA) is 61.9 Å². The predicted molar refractivity (Wildman–Crippen MR) is 74.0 cm³/mol. The zero-order valence-electron chi connectivity index (χ0n) is 10.7. The van der Waals surface area contributed by atoms with Crippen LogP contribution in [0.2, 0.25) is 0 Å². The second-order valence-corrected chi connectivity index (χ2v) is 4.91. The van der Waals surface area contributed by atoms with Crippen LogP contribution >= 0.6 is 0 Å². The van der Waals surface area contributed by atoms with E-state index >= 15 is 0 Å². The minimum absolute atomic E-state index is 0.124. The minimum atomic E-state index is 0.124. The summed E-state index contributed by atoms with van der Waals surface area (Å²) in [7, 11) is 0. The molecule has 3 heterocycles. The van der Waals surface area contributed by atoms with Crippen molar-refractivity contribution in [3.8, 4) is 0 Å². The molecule has 0 aromatic carbocycles. The third kappa shape index (κ3) is 2.36. The Morgan fingerprint density at radius 3 is 3.37 bits per heavy atom. The van der Waals surface area contributed by atoms with Gasteiger partial charge in [0.05, 0.1) is 6.20 Å². The summed E-state index contributed by atoms with van der Waals surface area (Å²) in [6.07, 6.45) is 6.64. The van der Waals surface area contributed by atoms with E-state index in [4.69, 9.17) is 0 Å². The number of fused-ring (bicyclic) bond motifs is 1. The molecule has 1 saturated heterocycles. The van der Waals surface area contributed by atoms with E-state index in [1.807, 2.05) is 12.3 Å². The molecule has 2 aromatic rings. The van der Waals surface area contributed by atoms with Crippen molar-refractivity contribution in [2.75, 3.05) is 18.0 Å². The molecular formula is C14H16N4O. The van der Waals surface area contributed by atoms with Crippen LogP contribution < -0.4 is 4.90 Å². The number of aromatic nitrogens is 3. The van der Waals surface area contributed by atoms with Gasteiger partial charge in [0.25, 0.3) is 0 Å². The molecule has 0 bridgehead atoms. The first-order valence-electron chi connectivity index (χ1n) is 6.46. The first-order valence-corrected chi connectivity index (χ1v) is 6.46. The van der Waals surface area contributed by atoms with Crippen LogP contribution in [0, 0.1) is 5.92 Å². The number of hydrogen-bond acceptors (Lipinski definition) is 4. The van der Waals surface area contributed by atoms with E-state index in [2.05, 4.69) is 26.4 Å². The zero-order chi connectivity index (χ0) is 13.2. The number of allylic oxidation sites excluding steroid dienone is 1. The maximum atomic E-state index is 11.4. The molecule has 0 amide bonds. The molecule has 5 nitrogen and oxygen atoms in total. The highest BCUT2D eigenvalue weighted by Crippen LogP contribution is 2.25. The van der Waals surface area contributed by atoms with Crippen LogP contribution in [0.25, 0.3) is 11.2 Å². The fourth-order valence-electron chi connectivity index (χ4n) is 2.55. The fourth-order valence-corrected chi connectivity index (χ4v) is 2.55. The summed E-state index contributed by atoms with van der Waals surface area (Å²) in [5.74, 6) is 1.41. The van der Waals surface area contributed by atoms with Gasteiger partial charge < -0.3 is 9.88 Å². The van der Waals surface area contributed by atoms with Gasteiger partial charge in [-0.1, -0.05) is 6.58 Å². The molecule has 5 heteroatoms. The van der Waals surface area contributed by atoms with Gasteiger partial charge in [0.2, 0.25) is 0 Å². The number of aromatic amines is 1. The second kappa shape index (κ2) is 4.84. The van der Waals surface area contributed by atoms with E-state index in [0.29, 0.717) is 12.3 Å². The number of rotatable bonds is 4. The largest absolute Gasteiger partial charge is 0.355 e. The summed E-state index contributed by atoms with van der Waals surface area (Å²) in [5, 5.41) is 0. The van der Waals surface area contributed by atoms with Crippen LogP contribution in [0.3, 0.4) is 0 Å². The Bertz CT molecular complexity index is 619. The number of hydrogen-bond donors (Lipinski definition) is 1. The number of ketones is 1. The molecule has 0 radical (unpaired) electrons. The molecule has 1 aliphatic heterocycles. The Morgan fingerprint density at radius 2 is 2.53 bits per heavy atom. The second-order valence-electron chi connectivity index (χ2n) is 4.91. The average Bonchev–Trinajstić information content (AvgIpc) is 3.05. The molecule has 0 spiro atoms. The molecule has 1 aliphatic rings. The first-order chi connectivity index (χ1) is 9.26. The summed E-state index contributed by atoms with van der Waals surface area (Å²) >= 11 is 0. The maximum Gasteiger partial charge on any atom is 0.156 e. The average molecular weight is 256 g/mol. The number of carbonyl (C=O) groups excluding carboxylic acids is 1. The van der Waals surface area contributed by atoms with Crippen molar-refractivity contribution in [2.45, 2.75) is 12.8 Å². The number of nitrogens with zero attached hydrogens (tertiary/aromatic N) is 3. The zero-order valence-corrected chi connectivity index (χ0v) is 10.7. The van der Waals surface area contributed by atoms with Crippen LogP contribution in [0.4, 0.5) is 5.82 Å². The SMILES string of the molecule is C=CC(=O)C[C@H]1CCN(c2cnc3[nH]ccc3n2)C1. The standard InChI is InChI=1S/C14H16N4O/c1-2-11(19)7-10-4-6-18(9-10)13-8-16-14-12(17-13)3-5-15-14/h2-3,5,8,10H,1,4,6-7,9H2,(H,15,16)/t10-/m1/s1. The Morgan fingerprint density at radius 1 is 1.63 bits per heavy atom. The van der Waals surface area contributed by atoms with Crippen molar-refractivity contribution in [3.05, 3.63) is 31.1 Å². The molecule has 1 atom stereocenters. The lowest BCUT2D eigenvalue weighted by Crippen LogP contribution is -2.21. The van der Waals surface area contributed by atoms with Gasteiger partial charge in [0, 0.05) is 25.7 Å². The molecule has 19 heavy (non-hydrogen) atoms. The number of nitrogens with one attached hydrogen (secondary N) is 1. The number of anilines is 1. The van der Waals surface area contributed by atoms with Gasteiger partial charge in [0.1, 0.15) is 11.3 Å². The van der Waals surface area contributed by atoms with E-state index < -0.39 is 0 Å². The van der Waals surface area contributed by atoms with Gasteiger partial charge in [-0.2, -0.15) is 0 Å². The number of carbonyl (C=O) groups is 1. The number of H-pyrrole nitrogens is 1. The normalized spacial score (nSPS) is 18.9. The van der Waals surface area contributed by atoms with Crippen LogP contribution in [0.1, 0.15) is 12.8 Å². The van der Waals surface area contributed by atoms with E-state index in [1.165, 1.54) is 6.08 Å². The van der Waals surface area contributed by atoms with Gasteiger partial charge in [0.15, 0.2) is 11.4 Å². The van der Waals surface area contributed by atoms with Crippen molar-refractivity contribution in [3.63, 3.8) is 0 Å². The van der Waals surface area contributed by atoms with E-state index in [0.717, 1.165) is 36.5 Å². The van der Waals surface area contributed by atoms with Crippen molar-refractivity contribution >= 4 is 22.8 Å². The summed E-state index contributed by atoms with van der Waals surface area (Å²) < 4.78 is 0. The molecule has 98 valence electrons. The van der Waals surface area contributed by atoms with Crippen LogP contribution in [-0.2, 0) is 4.79 Å².